The van der Waals surface area contributed by atoms with Crippen LogP contribution < -0.4 is 0 Å². The summed E-state index contributed by atoms with van der Waals surface area (Å²) in [5.41, 5.74) is -4.22. The largest absolute Gasteiger partial charge is 0.478 e. The number of alkyl halides is 22. The maximum Gasteiger partial charge on any atom is 0.460 e. The van der Waals surface area contributed by atoms with Crippen molar-refractivity contribution in [1.29, 1.82) is 0 Å². The van der Waals surface area contributed by atoms with Crippen LogP contribution in [0, 0.1) is 0 Å². The summed E-state index contributed by atoms with van der Waals surface area (Å²) in [5, 5.41) is 18.0. The summed E-state index contributed by atoms with van der Waals surface area (Å²) in [6, 6.07) is 0. The van der Waals surface area contributed by atoms with E-state index in [0.29, 0.717) is 0 Å². The van der Waals surface area contributed by atoms with E-state index < -0.39 is 121 Å². The highest BCUT2D eigenvalue weighted by atomic mass is 19.4. The van der Waals surface area contributed by atoms with Crippen molar-refractivity contribution in [3.63, 3.8) is 0 Å². The fourth-order valence-corrected chi connectivity index (χ4v) is 3.25. The highest BCUT2D eigenvalue weighted by Gasteiger charge is 2.83. The van der Waals surface area contributed by atoms with Crippen LogP contribution in [0.2, 0.25) is 0 Å². The second-order valence-corrected chi connectivity index (χ2v) is 9.33. The van der Waals surface area contributed by atoms with Gasteiger partial charge < -0.3 is 10.2 Å². The summed E-state index contributed by atoms with van der Waals surface area (Å²) in [6.07, 6.45) is -32.4. The Balaban J connectivity index is 6.24. The third-order valence-electron chi connectivity index (χ3n) is 5.74. The van der Waals surface area contributed by atoms with Crippen LogP contribution in [-0.2, 0) is 9.59 Å². The van der Waals surface area contributed by atoms with Crippen molar-refractivity contribution in [2.45, 2.75) is 98.3 Å². The smallest absolute Gasteiger partial charge is 0.460 e. The molecule has 46 heavy (non-hydrogen) atoms. The summed E-state index contributed by atoms with van der Waals surface area (Å²) in [6.45, 7) is 0. The minimum absolute atomic E-state index is 2.11. The van der Waals surface area contributed by atoms with E-state index >= 15 is 0 Å². The number of carboxylic acids is 2. The molecule has 0 aromatic heterocycles. The number of carboxylic acid groups (broad SMARTS) is 2. The standard InChI is InChI=1S/C20H14F22O4/c21-11(22,5-13(25,26)15(29,30)17(33,34)19(37,38)39)3-1-7(9(43)44)8(10(45)46)2-4-12(23,24)6-14(27,28)16(31,32)18(35,36)20(40,41)42/h1-6H2,(H,43,44)(H,45,46)/b8-7-. The Morgan fingerprint density at radius 2 is 0.609 bits per heavy atom. The Morgan fingerprint density at radius 1 is 0.391 bits per heavy atom. The number of halogens is 22. The van der Waals surface area contributed by atoms with Gasteiger partial charge in [-0.3, -0.25) is 0 Å². The zero-order valence-corrected chi connectivity index (χ0v) is 21.3. The minimum atomic E-state index is -7.64. The molecule has 0 radical (unpaired) electrons. The van der Waals surface area contributed by atoms with Gasteiger partial charge in [-0.2, -0.15) is 79.0 Å². The van der Waals surface area contributed by atoms with Gasteiger partial charge in [-0.1, -0.05) is 0 Å². The molecule has 0 heterocycles. The van der Waals surface area contributed by atoms with Crippen LogP contribution in [0.1, 0.15) is 38.5 Å². The van der Waals surface area contributed by atoms with E-state index in [-0.39, 0.29) is 0 Å². The second-order valence-electron chi connectivity index (χ2n) is 9.33. The average Bonchev–Trinajstić information content (AvgIpc) is 2.77. The van der Waals surface area contributed by atoms with Crippen molar-refractivity contribution >= 4 is 11.9 Å². The van der Waals surface area contributed by atoms with Gasteiger partial charge in [0.2, 0.25) is 0 Å². The molecule has 0 atom stereocenters. The van der Waals surface area contributed by atoms with E-state index in [1.54, 1.807) is 0 Å². The molecule has 26 heteroatoms. The maximum absolute atomic E-state index is 14.0. The SMILES string of the molecule is O=C(O)/C(CCC(F)(F)CC(F)(F)C(F)(F)C(F)(F)C(F)(F)F)=C(/CCC(F)(F)CC(F)(F)C(F)(F)C(F)(F)C(F)(F)F)C(=O)O. The van der Waals surface area contributed by atoms with Crippen molar-refractivity contribution in [1.82, 2.24) is 0 Å². The summed E-state index contributed by atoms with van der Waals surface area (Å²) < 4.78 is 287. The van der Waals surface area contributed by atoms with E-state index in [0.717, 1.165) is 0 Å². The number of hydrogen-bond acceptors (Lipinski definition) is 2. The Hall–Kier alpha value is -2.86. The quantitative estimate of drug-likeness (QED) is 0.123. The number of hydrogen-bond donors (Lipinski definition) is 2. The molecule has 0 unspecified atom stereocenters. The van der Waals surface area contributed by atoms with Crippen LogP contribution in [0.5, 0.6) is 0 Å². The molecule has 2 N–H and O–H groups in total. The highest BCUT2D eigenvalue weighted by Crippen LogP contribution is 2.57. The molecule has 0 aromatic carbocycles. The van der Waals surface area contributed by atoms with Crippen LogP contribution in [0.25, 0.3) is 0 Å². The Kier molecular flexibility index (Phi) is 11.8. The molecule has 0 bridgehead atoms. The van der Waals surface area contributed by atoms with E-state index in [9.17, 15) is 106 Å². The number of rotatable bonds is 16. The van der Waals surface area contributed by atoms with E-state index in [1.165, 1.54) is 0 Å². The first-order chi connectivity index (χ1) is 19.7. The molecule has 0 saturated heterocycles. The Labute approximate surface area is 239 Å². The molecule has 0 amide bonds. The van der Waals surface area contributed by atoms with Gasteiger partial charge >= 0.3 is 59.8 Å². The molecule has 0 aromatic rings. The van der Waals surface area contributed by atoms with E-state index in [2.05, 4.69) is 0 Å². The van der Waals surface area contributed by atoms with E-state index in [4.69, 9.17) is 10.2 Å². The van der Waals surface area contributed by atoms with Gasteiger partial charge in [0, 0.05) is 24.0 Å². The molecular weight excluding hydrogens is 722 g/mol. The molecule has 4 nitrogen and oxygen atoms in total. The summed E-state index contributed by atoms with van der Waals surface area (Å²) >= 11 is 0. The fraction of sp³-hybridized carbons (Fsp3) is 0.800. The van der Waals surface area contributed by atoms with Crippen molar-refractivity contribution in [3.8, 4) is 0 Å². The average molecular weight is 736 g/mol. The number of carbonyl (C=O) groups is 2. The van der Waals surface area contributed by atoms with Crippen LogP contribution in [0.3, 0.4) is 0 Å². The summed E-state index contributed by atoms with van der Waals surface area (Å²) in [4.78, 5) is 22.6. The van der Waals surface area contributed by atoms with Crippen molar-refractivity contribution < 1.29 is 116 Å². The lowest BCUT2D eigenvalue weighted by Crippen LogP contribution is -2.61. The van der Waals surface area contributed by atoms with Gasteiger partial charge in [-0.25, -0.2) is 27.2 Å². The third kappa shape index (κ3) is 8.73. The highest BCUT2D eigenvalue weighted by molar-refractivity contribution is 5.98. The van der Waals surface area contributed by atoms with Gasteiger partial charge in [-0.15, -0.1) is 0 Å². The molecule has 0 spiro atoms. The molecule has 0 rings (SSSR count). The lowest BCUT2D eigenvalue weighted by Gasteiger charge is -2.35. The van der Waals surface area contributed by atoms with Gasteiger partial charge in [0.15, 0.2) is 0 Å². The van der Waals surface area contributed by atoms with Crippen LogP contribution in [0.4, 0.5) is 96.6 Å². The summed E-state index contributed by atoms with van der Waals surface area (Å²) in [5.74, 6) is -61.1. The Bertz CT molecular complexity index is 1060. The van der Waals surface area contributed by atoms with Crippen LogP contribution in [0.15, 0.2) is 11.1 Å². The molecule has 0 fully saturated rings. The van der Waals surface area contributed by atoms with Gasteiger partial charge in [0.25, 0.3) is 11.8 Å². The van der Waals surface area contributed by atoms with Crippen LogP contribution >= 0.6 is 0 Å². The predicted molar refractivity (Wildman–Crippen MR) is 102 cm³/mol. The fourth-order valence-electron chi connectivity index (χ4n) is 3.25. The second kappa shape index (κ2) is 12.6. The molecule has 272 valence electrons. The lowest BCUT2D eigenvalue weighted by atomic mass is 9.91. The molecule has 0 aliphatic rings. The first-order valence-electron chi connectivity index (χ1n) is 11.1. The first-order valence-corrected chi connectivity index (χ1v) is 11.1. The predicted octanol–water partition coefficient (Wildman–Crippen LogP) is 9.00. The zero-order chi connectivity index (χ0) is 37.6. The molecule has 0 aliphatic carbocycles. The molecule has 0 aliphatic heterocycles. The van der Waals surface area contributed by atoms with E-state index in [1.807, 2.05) is 0 Å². The normalized spacial score (nSPS) is 16.0. The van der Waals surface area contributed by atoms with Gasteiger partial charge in [0.1, 0.15) is 0 Å². The maximum atomic E-state index is 14.0. The van der Waals surface area contributed by atoms with Crippen molar-refractivity contribution in [2.24, 2.45) is 0 Å². The topological polar surface area (TPSA) is 74.6 Å². The van der Waals surface area contributed by atoms with Crippen LogP contribution in [-0.4, -0.2) is 81.9 Å². The van der Waals surface area contributed by atoms with Gasteiger partial charge in [0.05, 0.1) is 12.8 Å². The number of aliphatic carboxylic acids is 2. The van der Waals surface area contributed by atoms with Crippen molar-refractivity contribution in [2.75, 3.05) is 0 Å². The lowest BCUT2D eigenvalue weighted by molar-refractivity contribution is -0.400. The van der Waals surface area contributed by atoms with Gasteiger partial charge in [-0.05, 0) is 12.8 Å². The summed E-state index contributed by atoms with van der Waals surface area (Å²) in [7, 11) is 0. The zero-order valence-electron chi connectivity index (χ0n) is 21.3. The Morgan fingerprint density at radius 3 is 0.783 bits per heavy atom. The first kappa shape index (κ1) is 43.1. The monoisotopic (exact) mass is 736 g/mol. The molecule has 0 saturated carbocycles. The molecular formula is C20H14F22O4. The third-order valence-corrected chi connectivity index (χ3v) is 5.74. The minimum Gasteiger partial charge on any atom is -0.478 e. The van der Waals surface area contributed by atoms with Crippen molar-refractivity contribution in [3.05, 3.63) is 11.1 Å².